The molecule has 140 valence electrons. The molecule has 9 heteroatoms. The van der Waals surface area contributed by atoms with Crippen molar-refractivity contribution in [3.05, 3.63) is 70.4 Å². The molecule has 0 spiro atoms. The zero-order chi connectivity index (χ0) is 19.2. The fourth-order valence-electron chi connectivity index (χ4n) is 2.48. The Hall–Kier alpha value is -3.49. The van der Waals surface area contributed by atoms with Gasteiger partial charge < -0.3 is 4.74 Å². The number of rotatable bonds is 6. The molecular weight excluding hydrogens is 353 g/mol. The third-order valence-corrected chi connectivity index (χ3v) is 3.69. The maximum Gasteiger partial charge on any atom is 0.411 e. The third kappa shape index (κ3) is 4.78. The Labute approximate surface area is 154 Å². The molecule has 0 aliphatic heterocycles. The number of nitrogens with one attached hydrogen (secondary N) is 1. The maximum atomic E-state index is 12.2. The van der Waals surface area contributed by atoms with Crippen molar-refractivity contribution in [2.75, 3.05) is 18.6 Å². The number of benzene rings is 1. The Morgan fingerprint density at radius 3 is 2.93 bits per heavy atom. The lowest BCUT2D eigenvalue weighted by molar-refractivity contribution is 0.152. The molecule has 3 rings (SSSR count). The zero-order valence-corrected chi connectivity index (χ0v) is 14.6. The molecule has 27 heavy (non-hydrogen) atoms. The molecule has 0 aliphatic rings. The summed E-state index contributed by atoms with van der Waals surface area (Å²) in [4.78, 5) is 23.7. The molecular formula is C18H18FN5O3. The summed E-state index contributed by atoms with van der Waals surface area (Å²) in [7, 11) is 1.80. The van der Waals surface area contributed by atoms with E-state index < -0.39 is 12.8 Å². The summed E-state index contributed by atoms with van der Waals surface area (Å²) in [5.41, 5.74) is 2.19. The van der Waals surface area contributed by atoms with E-state index in [4.69, 9.17) is 0 Å². The number of hydrogen-bond donors (Lipinski definition) is 1. The van der Waals surface area contributed by atoms with Gasteiger partial charge in [-0.15, -0.1) is 0 Å². The number of anilines is 1. The number of carbonyl (C=O) groups excluding carboxylic acids is 1. The van der Waals surface area contributed by atoms with Crippen molar-refractivity contribution in [2.24, 2.45) is 7.05 Å². The predicted molar refractivity (Wildman–Crippen MR) is 96.8 cm³/mol. The second kappa shape index (κ2) is 8.26. The average molecular weight is 371 g/mol. The fourth-order valence-corrected chi connectivity index (χ4v) is 2.48. The highest BCUT2D eigenvalue weighted by atomic mass is 19.1. The summed E-state index contributed by atoms with van der Waals surface area (Å²) in [6.07, 6.45) is 4.57. The molecule has 0 saturated heterocycles. The van der Waals surface area contributed by atoms with Gasteiger partial charge in [-0.2, -0.15) is 10.2 Å². The maximum absolute atomic E-state index is 12.2. The molecule has 0 radical (unpaired) electrons. The van der Waals surface area contributed by atoms with Crippen LogP contribution in [-0.4, -0.2) is 38.9 Å². The Balaban J connectivity index is 1.78. The van der Waals surface area contributed by atoms with Crippen LogP contribution in [0.5, 0.6) is 0 Å². The first kappa shape index (κ1) is 18.3. The van der Waals surface area contributed by atoms with Crippen LogP contribution in [0.1, 0.15) is 11.3 Å². The number of ether oxygens (including phenoxy) is 1. The number of amides is 1. The van der Waals surface area contributed by atoms with Crippen molar-refractivity contribution in [3.63, 3.8) is 0 Å². The third-order valence-electron chi connectivity index (χ3n) is 3.69. The average Bonchev–Trinajstić information content (AvgIpc) is 3.08. The van der Waals surface area contributed by atoms with Crippen LogP contribution in [0.25, 0.3) is 5.69 Å². The van der Waals surface area contributed by atoms with E-state index in [2.05, 4.69) is 20.3 Å². The van der Waals surface area contributed by atoms with Gasteiger partial charge in [0.15, 0.2) is 0 Å². The number of hydrogen-bond acceptors (Lipinski definition) is 5. The van der Waals surface area contributed by atoms with E-state index in [-0.39, 0.29) is 18.5 Å². The summed E-state index contributed by atoms with van der Waals surface area (Å²) < 4.78 is 19.9. The van der Waals surface area contributed by atoms with Gasteiger partial charge in [0.1, 0.15) is 24.7 Å². The van der Waals surface area contributed by atoms with E-state index in [1.165, 1.54) is 6.07 Å². The summed E-state index contributed by atoms with van der Waals surface area (Å²) >= 11 is 0. The lowest BCUT2D eigenvalue weighted by Crippen LogP contribution is -2.17. The number of halogens is 1. The topological polar surface area (TPSA) is 91.0 Å². The molecule has 0 aliphatic carbocycles. The minimum atomic E-state index is -0.740. The quantitative estimate of drug-likeness (QED) is 0.716. The van der Waals surface area contributed by atoms with Crippen molar-refractivity contribution < 1.29 is 13.9 Å². The first-order valence-corrected chi connectivity index (χ1v) is 8.22. The normalized spacial score (nSPS) is 10.6. The number of aryl methyl sites for hydroxylation is 1. The molecule has 1 N–H and O–H groups in total. The van der Waals surface area contributed by atoms with Crippen molar-refractivity contribution in [1.29, 1.82) is 0 Å². The van der Waals surface area contributed by atoms with E-state index in [1.807, 2.05) is 6.07 Å². The second-order valence-corrected chi connectivity index (χ2v) is 5.77. The Bertz CT molecular complexity index is 998. The van der Waals surface area contributed by atoms with Crippen LogP contribution in [-0.2, 0) is 18.2 Å². The summed E-state index contributed by atoms with van der Waals surface area (Å²) in [6.45, 7) is -1.04. The van der Waals surface area contributed by atoms with Gasteiger partial charge >= 0.3 is 6.09 Å². The summed E-state index contributed by atoms with van der Waals surface area (Å²) in [5, 5.41) is 11.0. The van der Waals surface area contributed by atoms with Crippen molar-refractivity contribution in [2.45, 2.75) is 6.42 Å². The molecule has 0 saturated carbocycles. The van der Waals surface area contributed by atoms with Gasteiger partial charge in [-0.25, -0.2) is 13.9 Å². The van der Waals surface area contributed by atoms with Gasteiger partial charge in [0, 0.05) is 31.4 Å². The standard InChI is InChI=1S/C18H18FN5O3/c1-23-12-15(11-20-23)24-7-5-17(25)16(22-24)10-13-3-2-4-14(9-13)21-18(26)27-8-6-19/h2-5,7,9,11-12H,6,8,10H2,1H3,(H,21,26). The van der Waals surface area contributed by atoms with Crippen LogP contribution in [0.2, 0.25) is 0 Å². The van der Waals surface area contributed by atoms with Gasteiger partial charge in [-0.3, -0.25) is 14.8 Å². The largest absolute Gasteiger partial charge is 0.447 e. The van der Waals surface area contributed by atoms with Gasteiger partial charge in [0.25, 0.3) is 0 Å². The molecule has 1 aromatic carbocycles. The van der Waals surface area contributed by atoms with Crippen molar-refractivity contribution in [3.8, 4) is 5.69 Å². The highest BCUT2D eigenvalue weighted by molar-refractivity contribution is 5.84. The number of nitrogens with zero attached hydrogens (tertiary/aromatic N) is 4. The van der Waals surface area contributed by atoms with Gasteiger partial charge in [0.05, 0.1) is 12.4 Å². The van der Waals surface area contributed by atoms with Gasteiger partial charge in [-0.05, 0) is 17.7 Å². The minimum absolute atomic E-state index is 0.184. The number of alkyl halides is 1. The summed E-state index contributed by atoms with van der Waals surface area (Å²) in [5.74, 6) is 0. The molecule has 0 atom stereocenters. The van der Waals surface area contributed by atoms with Crippen LogP contribution in [0.4, 0.5) is 14.9 Å². The van der Waals surface area contributed by atoms with Crippen LogP contribution in [0.15, 0.2) is 53.7 Å². The monoisotopic (exact) mass is 371 g/mol. The lowest BCUT2D eigenvalue weighted by atomic mass is 10.1. The molecule has 2 aromatic heterocycles. The molecule has 2 heterocycles. The van der Waals surface area contributed by atoms with E-state index in [0.717, 1.165) is 11.3 Å². The highest BCUT2D eigenvalue weighted by Gasteiger charge is 2.08. The smallest absolute Gasteiger partial charge is 0.411 e. The first-order valence-electron chi connectivity index (χ1n) is 8.22. The molecule has 0 fully saturated rings. The van der Waals surface area contributed by atoms with Crippen LogP contribution in [0.3, 0.4) is 0 Å². The molecule has 0 bridgehead atoms. The predicted octanol–water partition coefficient (Wildman–Crippen LogP) is 2.07. The van der Waals surface area contributed by atoms with E-state index >= 15 is 0 Å². The van der Waals surface area contributed by atoms with Crippen LogP contribution in [0, 0.1) is 0 Å². The molecule has 3 aromatic rings. The number of aromatic nitrogens is 4. The highest BCUT2D eigenvalue weighted by Crippen LogP contribution is 2.13. The van der Waals surface area contributed by atoms with Gasteiger partial charge in [-0.1, -0.05) is 12.1 Å². The molecule has 8 nitrogen and oxygen atoms in total. The first-order chi connectivity index (χ1) is 13.0. The van der Waals surface area contributed by atoms with Gasteiger partial charge in [0.2, 0.25) is 5.43 Å². The lowest BCUT2D eigenvalue weighted by Gasteiger charge is -2.08. The van der Waals surface area contributed by atoms with Crippen molar-refractivity contribution >= 4 is 11.8 Å². The zero-order valence-electron chi connectivity index (χ0n) is 14.6. The Morgan fingerprint density at radius 1 is 1.33 bits per heavy atom. The molecule has 0 unspecified atom stereocenters. The van der Waals surface area contributed by atoms with E-state index in [0.29, 0.717) is 11.4 Å². The van der Waals surface area contributed by atoms with Crippen LogP contribution >= 0.6 is 0 Å². The van der Waals surface area contributed by atoms with Crippen molar-refractivity contribution in [1.82, 2.24) is 19.6 Å². The second-order valence-electron chi connectivity index (χ2n) is 5.77. The Morgan fingerprint density at radius 2 is 2.19 bits per heavy atom. The molecule has 1 amide bonds. The minimum Gasteiger partial charge on any atom is -0.447 e. The van der Waals surface area contributed by atoms with E-state index in [9.17, 15) is 14.0 Å². The number of carbonyl (C=O) groups is 1. The van der Waals surface area contributed by atoms with E-state index in [1.54, 1.807) is 53.2 Å². The van der Waals surface area contributed by atoms with Crippen LogP contribution < -0.4 is 10.7 Å². The summed E-state index contributed by atoms with van der Waals surface area (Å²) in [6, 6.07) is 8.39. The Kier molecular flexibility index (Phi) is 5.60. The fraction of sp³-hybridized carbons (Fsp3) is 0.222. The SMILES string of the molecule is Cn1cc(-n2ccc(=O)c(Cc3cccc(NC(=O)OCCF)c3)n2)cn1.